The molecule has 1 unspecified atom stereocenters. The first kappa shape index (κ1) is 12.7. The van der Waals surface area contributed by atoms with Crippen LogP contribution in [0.3, 0.4) is 0 Å². The molecule has 96 valence electrons. The number of benzene rings is 2. The standard InChI is InChI=1S/C16H14INO/c17-13-9-16(19)14-7-6-12(8-15(14)18-10-13)11-4-2-1-3-5-11/h1-8,13,18H,9-10H2. The third-order valence-electron chi connectivity index (χ3n) is 3.35. The Morgan fingerprint density at radius 2 is 1.84 bits per heavy atom. The van der Waals surface area contributed by atoms with Gasteiger partial charge in [-0.05, 0) is 23.3 Å². The summed E-state index contributed by atoms with van der Waals surface area (Å²) in [5.41, 5.74) is 4.10. The molecule has 1 aliphatic rings. The molecular weight excluding hydrogens is 349 g/mol. The Balaban J connectivity index is 2.03. The third kappa shape index (κ3) is 2.66. The van der Waals surface area contributed by atoms with E-state index in [2.05, 4.69) is 46.1 Å². The van der Waals surface area contributed by atoms with Crippen LogP contribution in [0.5, 0.6) is 0 Å². The summed E-state index contributed by atoms with van der Waals surface area (Å²) in [5.74, 6) is 0.235. The van der Waals surface area contributed by atoms with Crippen LogP contribution >= 0.6 is 22.6 Å². The Kier molecular flexibility index (Phi) is 3.55. The van der Waals surface area contributed by atoms with Crippen LogP contribution in [-0.4, -0.2) is 16.3 Å². The van der Waals surface area contributed by atoms with E-state index in [1.165, 1.54) is 5.56 Å². The highest BCUT2D eigenvalue weighted by molar-refractivity contribution is 14.1. The second-order valence-electron chi connectivity index (χ2n) is 4.73. The van der Waals surface area contributed by atoms with Crippen molar-refractivity contribution in [2.24, 2.45) is 0 Å². The molecule has 1 N–H and O–H groups in total. The number of hydrogen-bond acceptors (Lipinski definition) is 2. The minimum Gasteiger partial charge on any atom is -0.383 e. The summed E-state index contributed by atoms with van der Waals surface area (Å²) in [5, 5.41) is 3.39. The average molecular weight is 363 g/mol. The van der Waals surface area contributed by atoms with Gasteiger partial charge in [0.05, 0.1) is 0 Å². The topological polar surface area (TPSA) is 29.1 Å². The molecule has 2 nitrogen and oxygen atoms in total. The molecule has 2 aromatic carbocycles. The average Bonchev–Trinajstić information content (AvgIpc) is 2.59. The van der Waals surface area contributed by atoms with Crippen LogP contribution in [-0.2, 0) is 0 Å². The van der Waals surface area contributed by atoms with E-state index in [1.54, 1.807) is 0 Å². The Morgan fingerprint density at radius 3 is 2.63 bits per heavy atom. The van der Waals surface area contributed by atoms with Crippen LogP contribution in [0.15, 0.2) is 48.5 Å². The first-order chi connectivity index (χ1) is 9.24. The van der Waals surface area contributed by atoms with E-state index < -0.39 is 0 Å². The number of alkyl halides is 1. The molecule has 0 fully saturated rings. The van der Waals surface area contributed by atoms with Crippen molar-refractivity contribution in [1.29, 1.82) is 0 Å². The SMILES string of the molecule is O=C1CC(I)CNc2cc(-c3ccccc3)ccc21. The molecule has 3 rings (SSSR count). The van der Waals surface area contributed by atoms with Gasteiger partial charge in [0.2, 0.25) is 0 Å². The maximum Gasteiger partial charge on any atom is 0.166 e. The molecule has 0 saturated heterocycles. The van der Waals surface area contributed by atoms with Crippen molar-refractivity contribution in [3.63, 3.8) is 0 Å². The molecule has 0 saturated carbocycles. The Morgan fingerprint density at radius 1 is 1.05 bits per heavy atom. The second kappa shape index (κ2) is 5.33. The van der Waals surface area contributed by atoms with Gasteiger partial charge in [0.15, 0.2) is 5.78 Å². The summed E-state index contributed by atoms with van der Waals surface area (Å²) in [6, 6.07) is 16.3. The number of ketones is 1. The van der Waals surface area contributed by atoms with E-state index in [4.69, 9.17) is 0 Å². The Hall–Kier alpha value is -1.36. The zero-order valence-corrected chi connectivity index (χ0v) is 12.6. The molecular formula is C16H14INO. The van der Waals surface area contributed by atoms with Gasteiger partial charge in [-0.1, -0.05) is 59.0 Å². The predicted octanol–water partition coefficient (Wildman–Crippen LogP) is 4.16. The highest BCUT2D eigenvalue weighted by Gasteiger charge is 2.20. The van der Waals surface area contributed by atoms with Crippen molar-refractivity contribution in [3.05, 3.63) is 54.1 Å². The van der Waals surface area contributed by atoms with Crippen molar-refractivity contribution in [3.8, 4) is 11.1 Å². The first-order valence-electron chi connectivity index (χ1n) is 6.34. The molecule has 0 aliphatic carbocycles. The summed E-state index contributed by atoms with van der Waals surface area (Å²) >= 11 is 2.33. The van der Waals surface area contributed by atoms with Gasteiger partial charge in [0.1, 0.15) is 0 Å². The first-order valence-corrected chi connectivity index (χ1v) is 7.59. The summed E-state index contributed by atoms with van der Waals surface area (Å²) in [6.07, 6.45) is 0.616. The number of carbonyl (C=O) groups excluding carboxylic acids is 1. The fourth-order valence-corrected chi connectivity index (χ4v) is 2.97. The van der Waals surface area contributed by atoms with Gasteiger partial charge in [0, 0.05) is 28.1 Å². The zero-order chi connectivity index (χ0) is 13.2. The van der Waals surface area contributed by atoms with Crippen LogP contribution in [0.2, 0.25) is 0 Å². The summed E-state index contributed by atoms with van der Waals surface area (Å²) in [4.78, 5) is 12.1. The summed E-state index contributed by atoms with van der Waals surface area (Å²) in [7, 11) is 0. The number of hydrogen-bond donors (Lipinski definition) is 1. The van der Waals surface area contributed by atoms with Gasteiger partial charge >= 0.3 is 0 Å². The molecule has 0 amide bonds. The lowest BCUT2D eigenvalue weighted by atomic mass is 10.00. The third-order valence-corrected chi connectivity index (χ3v) is 4.23. The predicted molar refractivity (Wildman–Crippen MR) is 87.1 cm³/mol. The maximum atomic E-state index is 12.1. The van der Waals surface area contributed by atoms with Gasteiger partial charge < -0.3 is 5.32 Å². The van der Waals surface area contributed by atoms with Gasteiger partial charge in [-0.3, -0.25) is 4.79 Å². The molecule has 1 atom stereocenters. The molecule has 1 aliphatic heterocycles. The fraction of sp³-hybridized carbons (Fsp3) is 0.188. The number of halogens is 1. The summed E-state index contributed by atoms with van der Waals surface area (Å²) in [6.45, 7) is 0.845. The molecule has 2 aromatic rings. The van der Waals surface area contributed by atoms with E-state index in [0.717, 1.165) is 23.4 Å². The van der Waals surface area contributed by atoms with Gasteiger partial charge in [-0.2, -0.15) is 0 Å². The van der Waals surface area contributed by atoms with Crippen LogP contribution in [0, 0.1) is 0 Å². The minimum absolute atomic E-state index is 0.235. The zero-order valence-electron chi connectivity index (χ0n) is 10.4. The quantitative estimate of drug-likeness (QED) is 0.609. The minimum atomic E-state index is 0.235. The molecule has 3 heteroatoms. The molecule has 1 heterocycles. The smallest absolute Gasteiger partial charge is 0.166 e. The van der Waals surface area contributed by atoms with E-state index in [0.29, 0.717) is 10.3 Å². The lowest BCUT2D eigenvalue weighted by molar-refractivity contribution is 0.0986. The second-order valence-corrected chi connectivity index (χ2v) is 6.49. The fourth-order valence-electron chi connectivity index (χ4n) is 2.35. The van der Waals surface area contributed by atoms with E-state index in [9.17, 15) is 4.79 Å². The summed E-state index contributed by atoms with van der Waals surface area (Å²) < 4.78 is 0.359. The van der Waals surface area contributed by atoms with Crippen LogP contribution in [0.25, 0.3) is 11.1 Å². The number of carbonyl (C=O) groups is 1. The van der Waals surface area contributed by atoms with Crippen LogP contribution < -0.4 is 5.32 Å². The van der Waals surface area contributed by atoms with Gasteiger partial charge in [-0.25, -0.2) is 0 Å². The van der Waals surface area contributed by atoms with Crippen LogP contribution in [0.1, 0.15) is 16.8 Å². The van der Waals surface area contributed by atoms with Crippen molar-refractivity contribution in [1.82, 2.24) is 0 Å². The van der Waals surface area contributed by atoms with Crippen molar-refractivity contribution < 1.29 is 4.79 Å². The Bertz CT molecular complexity index is 609. The number of rotatable bonds is 1. The molecule has 0 aromatic heterocycles. The van der Waals surface area contributed by atoms with E-state index in [1.807, 2.05) is 30.3 Å². The molecule has 0 bridgehead atoms. The maximum absolute atomic E-state index is 12.1. The number of anilines is 1. The number of Topliss-reactive ketones (excluding diaryl/α,β-unsaturated/α-hetero) is 1. The van der Waals surface area contributed by atoms with Crippen molar-refractivity contribution in [2.75, 3.05) is 11.9 Å². The number of fused-ring (bicyclic) bond motifs is 1. The van der Waals surface area contributed by atoms with Crippen molar-refractivity contribution in [2.45, 2.75) is 10.3 Å². The van der Waals surface area contributed by atoms with Crippen LogP contribution in [0.4, 0.5) is 5.69 Å². The van der Waals surface area contributed by atoms with Crippen molar-refractivity contribution >= 4 is 34.1 Å². The van der Waals surface area contributed by atoms with E-state index >= 15 is 0 Å². The normalized spacial score (nSPS) is 18.4. The highest BCUT2D eigenvalue weighted by atomic mass is 127. The van der Waals surface area contributed by atoms with Gasteiger partial charge in [-0.15, -0.1) is 0 Å². The molecule has 0 spiro atoms. The lowest BCUT2D eigenvalue weighted by Crippen LogP contribution is -2.12. The molecule has 0 radical (unpaired) electrons. The lowest BCUT2D eigenvalue weighted by Gasteiger charge is -2.10. The monoisotopic (exact) mass is 363 g/mol. The largest absolute Gasteiger partial charge is 0.383 e. The van der Waals surface area contributed by atoms with E-state index in [-0.39, 0.29) is 5.78 Å². The number of nitrogens with one attached hydrogen (secondary N) is 1. The van der Waals surface area contributed by atoms with Gasteiger partial charge in [0.25, 0.3) is 0 Å². The highest BCUT2D eigenvalue weighted by Crippen LogP contribution is 2.29. The Labute approximate surface area is 126 Å². The molecule has 19 heavy (non-hydrogen) atoms.